The highest BCUT2D eigenvalue weighted by atomic mass is 32.1. The largest absolute Gasteiger partial charge is 0.319 e. The smallest absolute Gasteiger partial charge is 0.0100 e. The Hall–Kier alpha value is 0.230. The Morgan fingerprint density at radius 2 is 1.92 bits per heavy atom. The molecule has 4 heteroatoms. The summed E-state index contributed by atoms with van der Waals surface area (Å²) in [5.41, 5.74) is 0. The summed E-state index contributed by atoms with van der Waals surface area (Å²) >= 11 is 4.05. The molecule has 0 spiro atoms. The van der Waals surface area contributed by atoms with Crippen LogP contribution >= 0.6 is 12.8 Å². The molecule has 1 rings (SSSR count). The molecule has 0 aromatic carbocycles. The lowest BCUT2D eigenvalue weighted by Crippen LogP contribution is -2.29. The molecule has 3 nitrogen and oxygen atoms in total. The summed E-state index contributed by atoms with van der Waals surface area (Å²) in [5, 5.41) is 3.24. The molecule has 12 heavy (non-hydrogen) atoms. The van der Waals surface area contributed by atoms with Crippen molar-refractivity contribution in [3.63, 3.8) is 0 Å². The maximum Gasteiger partial charge on any atom is 0.0100 e. The molecule has 0 amide bonds. The third kappa shape index (κ3) is 2.62. The van der Waals surface area contributed by atoms with Gasteiger partial charge in [-0.25, -0.2) is 0 Å². The molecule has 0 radical (unpaired) electrons. The van der Waals surface area contributed by atoms with Crippen molar-refractivity contribution in [2.24, 2.45) is 11.8 Å². The summed E-state index contributed by atoms with van der Waals surface area (Å²) in [6, 6.07) is 0. The van der Waals surface area contributed by atoms with E-state index >= 15 is 0 Å². The number of nitrogens with one attached hydrogen (secondary N) is 2. The van der Waals surface area contributed by atoms with Crippen molar-refractivity contribution in [3.05, 3.63) is 0 Å². The standard InChI is InChI=1S/C8H19N3S/c1-9-3-7-5-11(2)6-8(7)4-10-12/h7-10,12H,3-6H2,1-2H3. The lowest BCUT2D eigenvalue weighted by atomic mass is 9.96. The van der Waals surface area contributed by atoms with E-state index in [2.05, 4.69) is 34.8 Å². The molecule has 0 aliphatic carbocycles. The molecule has 1 heterocycles. The van der Waals surface area contributed by atoms with Gasteiger partial charge in [0.15, 0.2) is 0 Å². The zero-order valence-electron chi connectivity index (χ0n) is 7.88. The van der Waals surface area contributed by atoms with Gasteiger partial charge in [-0.15, -0.1) is 0 Å². The first kappa shape index (κ1) is 10.3. The van der Waals surface area contributed by atoms with Crippen LogP contribution in [0.25, 0.3) is 0 Å². The molecular formula is C8H19N3S. The van der Waals surface area contributed by atoms with Crippen LogP contribution in [0, 0.1) is 11.8 Å². The molecule has 1 fully saturated rings. The Balaban J connectivity index is 2.36. The molecule has 0 bridgehead atoms. The molecule has 2 atom stereocenters. The van der Waals surface area contributed by atoms with E-state index in [1.807, 2.05) is 7.05 Å². The highest BCUT2D eigenvalue weighted by Crippen LogP contribution is 2.20. The van der Waals surface area contributed by atoms with Crippen LogP contribution in [-0.4, -0.2) is 45.2 Å². The lowest BCUT2D eigenvalue weighted by molar-refractivity contribution is 0.391. The van der Waals surface area contributed by atoms with Crippen LogP contribution in [0.2, 0.25) is 0 Å². The molecule has 1 saturated heterocycles. The first-order valence-electron chi connectivity index (χ1n) is 4.48. The van der Waals surface area contributed by atoms with Gasteiger partial charge in [0.05, 0.1) is 0 Å². The van der Waals surface area contributed by atoms with Gasteiger partial charge < -0.3 is 10.2 Å². The van der Waals surface area contributed by atoms with Crippen LogP contribution in [0.1, 0.15) is 0 Å². The molecule has 0 aromatic rings. The van der Waals surface area contributed by atoms with Crippen molar-refractivity contribution >= 4 is 12.8 Å². The van der Waals surface area contributed by atoms with Crippen molar-refractivity contribution in [1.82, 2.24) is 14.9 Å². The van der Waals surface area contributed by atoms with Gasteiger partial charge in [0, 0.05) is 19.6 Å². The lowest BCUT2D eigenvalue weighted by Gasteiger charge is -2.16. The van der Waals surface area contributed by atoms with E-state index in [1.54, 1.807) is 0 Å². The molecule has 72 valence electrons. The van der Waals surface area contributed by atoms with E-state index < -0.39 is 0 Å². The molecule has 1 aliphatic heterocycles. The van der Waals surface area contributed by atoms with Crippen molar-refractivity contribution in [3.8, 4) is 0 Å². The summed E-state index contributed by atoms with van der Waals surface area (Å²) < 4.78 is 2.96. The second kappa shape index (κ2) is 5.07. The monoisotopic (exact) mass is 189 g/mol. The maximum absolute atomic E-state index is 4.05. The Morgan fingerprint density at radius 3 is 2.42 bits per heavy atom. The Bertz CT molecular complexity index is 117. The van der Waals surface area contributed by atoms with E-state index in [-0.39, 0.29) is 0 Å². The molecular weight excluding hydrogens is 170 g/mol. The topological polar surface area (TPSA) is 27.3 Å². The van der Waals surface area contributed by atoms with E-state index in [0.29, 0.717) is 0 Å². The number of hydrogen-bond donors (Lipinski definition) is 3. The van der Waals surface area contributed by atoms with Crippen LogP contribution in [0.15, 0.2) is 0 Å². The zero-order chi connectivity index (χ0) is 8.97. The van der Waals surface area contributed by atoms with Crippen LogP contribution in [-0.2, 0) is 0 Å². The Kier molecular flexibility index (Phi) is 4.35. The van der Waals surface area contributed by atoms with Gasteiger partial charge in [0.2, 0.25) is 0 Å². The van der Waals surface area contributed by atoms with E-state index in [0.717, 1.165) is 24.9 Å². The Morgan fingerprint density at radius 1 is 1.33 bits per heavy atom. The minimum Gasteiger partial charge on any atom is -0.319 e. The van der Waals surface area contributed by atoms with Gasteiger partial charge in [-0.1, -0.05) is 12.8 Å². The van der Waals surface area contributed by atoms with Gasteiger partial charge in [-0.3, -0.25) is 4.72 Å². The first-order chi connectivity index (χ1) is 5.77. The summed E-state index contributed by atoms with van der Waals surface area (Å²) in [5.74, 6) is 1.53. The van der Waals surface area contributed by atoms with E-state index in [4.69, 9.17) is 0 Å². The predicted molar refractivity (Wildman–Crippen MR) is 55.4 cm³/mol. The number of hydrogen-bond acceptors (Lipinski definition) is 4. The molecule has 0 aromatic heterocycles. The summed E-state index contributed by atoms with van der Waals surface area (Å²) in [6.45, 7) is 4.53. The van der Waals surface area contributed by atoms with Crippen molar-refractivity contribution in [2.75, 3.05) is 40.3 Å². The van der Waals surface area contributed by atoms with Crippen molar-refractivity contribution < 1.29 is 0 Å². The van der Waals surface area contributed by atoms with E-state index in [1.165, 1.54) is 13.1 Å². The molecule has 2 unspecified atom stereocenters. The highest BCUT2D eigenvalue weighted by molar-refractivity contribution is 7.78. The van der Waals surface area contributed by atoms with Gasteiger partial charge in [-0.2, -0.15) is 0 Å². The van der Waals surface area contributed by atoms with Crippen molar-refractivity contribution in [2.45, 2.75) is 0 Å². The third-order valence-electron chi connectivity index (χ3n) is 2.58. The summed E-state index contributed by atoms with van der Waals surface area (Å²) in [7, 11) is 4.20. The van der Waals surface area contributed by atoms with Crippen LogP contribution in [0.4, 0.5) is 0 Å². The second-order valence-corrected chi connectivity index (χ2v) is 3.98. The normalized spacial score (nSPS) is 31.2. The minimum atomic E-state index is 0.750. The molecule has 2 N–H and O–H groups in total. The fraction of sp³-hybridized carbons (Fsp3) is 1.00. The number of rotatable bonds is 4. The fourth-order valence-corrected chi connectivity index (χ4v) is 2.25. The van der Waals surface area contributed by atoms with E-state index in [9.17, 15) is 0 Å². The molecule has 1 aliphatic rings. The SMILES string of the molecule is CNCC1CN(C)CC1CNS. The second-order valence-electron chi connectivity index (χ2n) is 3.66. The average Bonchev–Trinajstić information content (AvgIpc) is 2.33. The quantitative estimate of drug-likeness (QED) is 0.536. The van der Waals surface area contributed by atoms with Crippen LogP contribution in [0.5, 0.6) is 0 Å². The maximum atomic E-state index is 4.05. The van der Waals surface area contributed by atoms with Gasteiger partial charge in [0.25, 0.3) is 0 Å². The fourth-order valence-electron chi connectivity index (χ4n) is 2.02. The summed E-state index contributed by atoms with van der Waals surface area (Å²) in [6.07, 6.45) is 0. The van der Waals surface area contributed by atoms with Gasteiger partial charge in [0.1, 0.15) is 0 Å². The zero-order valence-corrected chi connectivity index (χ0v) is 8.77. The highest BCUT2D eigenvalue weighted by Gasteiger charge is 2.29. The third-order valence-corrected chi connectivity index (χ3v) is 2.76. The average molecular weight is 189 g/mol. The van der Waals surface area contributed by atoms with Crippen LogP contribution in [0.3, 0.4) is 0 Å². The number of thiol groups is 1. The van der Waals surface area contributed by atoms with Gasteiger partial charge in [-0.05, 0) is 32.5 Å². The minimum absolute atomic E-state index is 0.750. The Labute approximate surface area is 80.4 Å². The summed E-state index contributed by atoms with van der Waals surface area (Å²) in [4.78, 5) is 2.39. The molecule has 0 saturated carbocycles. The van der Waals surface area contributed by atoms with Crippen molar-refractivity contribution in [1.29, 1.82) is 0 Å². The van der Waals surface area contributed by atoms with Crippen LogP contribution < -0.4 is 10.0 Å². The number of likely N-dealkylation sites (tertiary alicyclic amines) is 1. The predicted octanol–water partition coefficient (Wildman–Crippen LogP) is -0.182. The number of nitrogens with zero attached hydrogens (tertiary/aromatic N) is 1. The first-order valence-corrected chi connectivity index (χ1v) is 4.92. The van der Waals surface area contributed by atoms with Gasteiger partial charge >= 0.3 is 0 Å².